The molecule has 0 saturated carbocycles. The van der Waals surface area contributed by atoms with Gasteiger partial charge in [0.1, 0.15) is 11.5 Å². The number of nitrogens with zero attached hydrogens (tertiary/aromatic N) is 3. The van der Waals surface area contributed by atoms with Crippen LogP contribution in [0.25, 0.3) is 0 Å². The van der Waals surface area contributed by atoms with Crippen molar-refractivity contribution in [1.29, 1.82) is 0 Å². The maximum absolute atomic E-state index is 12.9. The molecule has 0 aliphatic carbocycles. The number of aryl methyl sites for hydroxylation is 1. The van der Waals surface area contributed by atoms with Gasteiger partial charge in [-0.15, -0.1) is 0 Å². The minimum Gasteiger partial charge on any atom is -0.480 e. The highest BCUT2D eigenvalue weighted by atomic mass is 19.1. The molecule has 0 saturated heterocycles. The summed E-state index contributed by atoms with van der Waals surface area (Å²) in [5, 5.41) is 3.10. The Morgan fingerprint density at radius 3 is 2.69 bits per heavy atom. The lowest BCUT2D eigenvalue weighted by molar-refractivity contribution is 0.186. The number of imidazole rings is 1. The molecule has 0 aliphatic rings. The molecule has 0 bridgehead atoms. The summed E-state index contributed by atoms with van der Waals surface area (Å²) < 4.78 is 33.2. The van der Waals surface area contributed by atoms with Crippen LogP contribution in [0.15, 0.2) is 60.6 Å². The number of ether oxygens (including phenoxy) is 1. The van der Waals surface area contributed by atoms with E-state index in [0.717, 1.165) is 37.1 Å². The molecule has 8 heteroatoms. The monoisotopic (exact) mass is 403 g/mol. The number of benzene rings is 1. The van der Waals surface area contributed by atoms with E-state index < -0.39 is 5.95 Å². The molecule has 1 aromatic heterocycles. The summed E-state index contributed by atoms with van der Waals surface area (Å²) >= 11 is 0. The molecule has 1 aromatic carbocycles. The second-order valence-electron chi connectivity index (χ2n) is 6.53. The molecule has 0 spiro atoms. The molecular weight excluding hydrogens is 376 g/mol. The summed E-state index contributed by atoms with van der Waals surface area (Å²) in [5.41, 5.74) is 8.05. The Morgan fingerprint density at radius 2 is 2.00 bits per heavy atom. The zero-order valence-corrected chi connectivity index (χ0v) is 16.6. The van der Waals surface area contributed by atoms with Crippen molar-refractivity contribution in [2.75, 3.05) is 13.2 Å². The molecular formula is C21H27F2N5O. The SMILES string of the molecule is C=C(F)/N=C(/N)c1ncn(CCCCOC(=C)NCCc2ccc(F)cc2)c1C. The normalized spacial score (nSPS) is 11.3. The van der Waals surface area contributed by atoms with E-state index >= 15 is 0 Å². The van der Waals surface area contributed by atoms with Crippen LogP contribution in [0.4, 0.5) is 8.78 Å². The number of hydrogen-bond donors (Lipinski definition) is 2. The maximum atomic E-state index is 12.9. The number of nitrogens with two attached hydrogens (primary N) is 1. The van der Waals surface area contributed by atoms with Crippen LogP contribution in [0.1, 0.15) is 29.8 Å². The quantitative estimate of drug-likeness (QED) is 0.187. The summed E-state index contributed by atoms with van der Waals surface area (Å²) in [6.45, 7) is 10.7. The molecule has 0 unspecified atom stereocenters. The van der Waals surface area contributed by atoms with Crippen molar-refractivity contribution in [2.45, 2.75) is 32.7 Å². The van der Waals surface area contributed by atoms with Gasteiger partial charge in [0, 0.05) is 18.8 Å². The Morgan fingerprint density at radius 1 is 1.28 bits per heavy atom. The summed E-state index contributed by atoms with van der Waals surface area (Å²) in [5.74, 6) is -0.553. The van der Waals surface area contributed by atoms with Gasteiger partial charge in [-0.1, -0.05) is 12.1 Å². The minimum atomic E-state index is -0.847. The van der Waals surface area contributed by atoms with Crippen molar-refractivity contribution in [3.63, 3.8) is 0 Å². The first-order valence-corrected chi connectivity index (χ1v) is 9.37. The van der Waals surface area contributed by atoms with Crippen LogP contribution in [0, 0.1) is 12.7 Å². The number of halogens is 2. The molecule has 2 rings (SSSR count). The number of hydrogen-bond acceptors (Lipinski definition) is 4. The second kappa shape index (κ2) is 11.0. The van der Waals surface area contributed by atoms with Gasteiger partial charge in [0.2, 0.25) is 5.95 Å². The number of nitrogens with one attached hydrogen (secondary N) is 1. The van der Waals surface area contributed by atoms with E-state index in [-0.39, 0.29) is 11.7 Å². The van der Waals surface area contributed by atoms with Gasteiger partial charge in [0.15, 0.2) is 11.7 Å². The van der Waals surface area contributed by atoms with Crippen LogP contribution in [-0.2, 0) is 17.7 Å². The second-order valence-corrected chi connectivity index (χ2v) is 6.53. The Bertz CT molecular complexity index is 858. The molecule has 0 radical (unpaired) electrons. The number of amidine groups is 1. The number of aliphatic imine (C=N–C) groups is 1. The van der Waals surface area contributed by atoms with Crippen LogP contribution < -0.4 is 11.1 Å². The van der Waals surface area contributed by atoms with Crippen LogP contribution in [0.2, 0.25) is 0 Å². The largest absolute Gasteiger partial charge is 0.480 e. The third-order valence-corrected chi connectivity index (χ3v) is 4.30. The molecule has 29 heavy (non-hydrogen) atoms. The van der Waals surface area contributed by atoms with E-state index in [1.807, 2.05) is 11.5 Å². The van der Waals surface area contributed by atoms with Crippen molar-refractivity contribution in [1.82, 2.24) is 14.9 Å². The van der Waals surface area contributed by atoms with Crippen LogP contribution in [0.5, 0.6) is 0 Å². The average Bonchev–Trinajstić information content (AvgIpc) is 3.03. The third-order valence-electron chi connectivity index (χ3n) is 4.30. The molecule has 0 aliphatic heterocycles. The zero-order valence-electron chi connectivity index (χ0n) is 16.6. The van der Waals surface area contributed by atoms with Crippen LogP contribution in [-0.4, -0.2) is 28.5 Å². The van der Waals surface area contributed by atoms with Crippen molar-refractivity contribution in [3.8, 4) is 0 Å². The fourth-order valence-electron chi connectivity index (χ4n) is 2.73. The van der Waals surface area contributed by atoms with E-state index in [2.05, 4.69) is 28.5 Å². The zero-order chi connectivity index (χ0) is 21.2. The van der Waals surface area contributed by atoms with E-state index in [1.165, 1.54) is 12.1 Å². The van der Waals surface area contributed by atoms with E-state index in [1.54, 1.807) is 18.5 Å². The standard InChI is InChI=1S/C21H27F2N5O/c1-15-20(21(24)27-16(2)22)26-14-28(15)12-4-5-13-29-17(3)25-11-10-18-6-8-19(23)9-7-18/h6-9,14,25H,2-5,10-13H2,1H3,(H2,24,27). The van der Waals surface area contributed by atoms with E-state index in [0.29, 0.717) is 24.7 Å². The lowest BCUT2D eigenvalue weighted by Gasteiger charge is -2.12. The van der Waals surface area contributed by atoms with Gasteiger partial charge in [-0.05, 0) is 57.0 Å². The fraction of sp³-hybridized carbons (Fsp3) is 0.333. The predicted octanol–water partition coefficient (Wildman–Crippen LogP) is 3.58. The van der Waals surface area contributed by atoms with Gasteiger partial charge in [0.05, 0.1) is 12.9 Å². The van der Waals surface area contributed by atoms with Crippen LogP contribution >= 0.6 is 0 Å². The Kier molecular flexibility index (Phi) is 8.39. The number of unbranched alkanes of at least 4 members (excludes halogenated alkanes) is 1. The van der Waals surface area contributed by atoms with E-state index in [4.69, 9.17) is 10.5 Å². The third kappa shape index (κ3) is 7.40. The first kappa shape index (κ1) is 22.1. The van der Waals surface area contributed by atoms with E-state index in [9.17, 15) is 8.78 Å². The summed E-state index contributed by atoms with van der Waals surface area (Å²) in [7, 11) is 0. The Hall–Kier alpha value is -3.16. The summed E-state index contributed by atoms with van der Waals surface area (Å²) in [4.78, 5) is 7.69. The van der Waals surface area contributed by atoms with Gasteiger partial charge < -0.3 is 20.4 Å². The van der Waals surface area contributed by atoms with Gasteiger partial charge in [0.25, 0.3) is 0 Å². The fourth-order valence-corrected chi connectivity index (χ4v) is 2.73. The number of aromatic nitrogens is 2. The highest BCUT2D eigenvalue weighted by molar-refractivity contribution is 5.97. The molecule has 0 fully saturated rings. The first-order chi connectivity index (χ1) is 13.9. The predicted molar refractivity (Wildman–Crippen MR) is 110 cm³/mol. The molecule has 1 heterocycles. The van der Waals surface area contributed by atoms with Gasteiger partial charge >= 0.3 is 0 Å². The molecule has 0 atom stereocenters. The van der Waals surface area contributed by atoms with Gasteiger partial charge in [-0.3, -0.25) is 0 Å². The Labute approximate surface area is 169 Å². The first-order valence-electron chi connectivity index (χ1n) is 9.37. The van der Waals surface area contributed by atoms with Crippen molar-refractivity contribution in [3.05, 3.63) is 78.4 Å². The highest BCUT2D eigenvalue weighted by Gasteiger charge is 2.10. The van der Waals surface area contributed by atoms with Gasteiger partial charge in [-0.2, -0.15) is 4.39 Å². The smallest absolute Gasteiger partial charge is 0.207 e. The molecule has 156 valence electrons. The lowest BCUT2D eigenvalue weighted by Crippen LogP contribution is -2.18. The summed E-state index contributed by atoms with van der Waals surface area (Å²) in [6, 6.07) is 6.42. The summed E-state index contributed by atoms with van der Waals surface area (Å²) in [6.07, 6.45) is 4.11. The maximum Gasteiger partial charge on any atom is 0.207 e. The molecule has 6 nitrogen and oxygen atoms in total. The van der Waals surface area contributed by atoms with Gasteiger partial charge in [-0.25, -0.2) is 14.4 Å². The van der Waals surface area contributed by atoms with Crippen LogP contribution in [0.3, 0.4) is 0 Å². The average molecular weight is 403 g/mol. The highest BCUT2D eigenvalue weighted by Crippen LogP contribution is 2.09. The van der Waals surface area contributed by atoms with Crippen molar-refractivity contribution < 1.29 is 13.5 Å². The molecule has 2 aromatic rings. The minimum absolute atomic E-state index is 0.0140. The van der Waals surface area contributed by atoms with Crippen molar-refractivity contribution in [2.24, 2.45) is 10.7 Å². The Balaban J connectivity index is 1.63. The topological polar surface area (TPSA) is 77.5 Å². The lowest BCUT2D eigenvalue weighted by atomic mass is 10.1. The molecule has 3 N–H and O–H groups in total. The number of rotatable bonds is 12. The molecule has 0 amide bonds. The van der Waals surface area contributed by atoms with Crippen molar-refractivity contribution >= 4 is 5.84 Å².